The Bertz CT molecular complexity index is 335. The zero-order valence-corrected chi connectivity index (χ0v) is 9.53. The van der Waals surface area contributed by atoms with Crippen LogP contribution in [-0.2, 0) is 4.74 Å². The molecular formula is C13H18O2. The molecule has 0 spiro atoms. The summed E-state index contributed by atoms with van der Waals surface area (Å²) >= 11 is 0. The zero-order chi connectivity index (χ0) is 11.3. The van der Waals surface area contributed by atoms with E-state index in [0.29, 0.717) is 12.4 Å². The minimum Gasteiger partial charge on any atom is -0.507 e. The molecule has 2 nitrogen and oxygen atoms in total. The maximum Gasteiger partial charge on any atom is 0.122 e. The van der Waals surface area contributed by atoms with Crippen LogP contribution in [0, 0.1) is 0 Å². The van der Waals surface area contributed by atoms with Gasteiger partial charge in [-0.05, 0) is 26.8 Å². The first-order valence-corrected chi connectivity index (χ1v) is 5.07. The molecule has 2 heteroatoms. The van der Waals surface area contributed by atoms with Gasteiger partial charge in [0.2, 0.25) is 0 Å². The van der Waals surface area contributed by atoms with Gasteiger partial charge in [-0.1, -0.05) is 30.4 Å². The molecule has 1 aromatic rings. The number of aromatic hydroxyl groups is 1. The van der Waals surface area contributed by atoms with Gasteiger partial charge in [0, 0.05) is 5.56 Å². The van der Waals surface area contributed by atoms with Crippen LogP contribution in [0.25, 0.3) is 6.08 Å². The molecule has 0 fully saturated rings. The number of phenolic OH excluding ortho intramolecular Hbond substituents is 1. The van der Waals surface area contributed by atoms with Gasteiger partial charge in [-0.2, -0.15) is 0 Å². The van der Waals surface area contributed by atoms with Gasteiger partial charge >= 0.3 is 0 Å². The Morgan fingerprint density at radius 2 is 1.93 bits per heavy atom. The normalized spacial score (nSPS) is 12.2. The van der Waals surface area contributed by atoms with Crippen molar-refractivity contribution in [3.05, 3.63) is 35.9 Å². The second-order valence-corrected chi connectivity index (χ2v) is 4.38. The third-order valence-electron chi connectivity index (χ3n) is 1.85. The molecule has 1 rings (SSSR count). The highest BCUT2D eigenvalue weighted by atomic mass is 16.5. The highest BCUT2D eigenvalue weighted by Crippen LogP contribution is 2.17. The van der Waals surface area contributed by atoms with Gasteiger partial charge in [0.15, 0.2) is 0 Å². The number of benzene rings is 1. The van der Waals surface area contributed by atoms with Crippen molar-refractivity contribution in [2.45, 2.75) is 26.4 Å². The van der Waals surface area contributed by atoms with Crippen LogP contribution in [0.1, 0.15) is 26.3 Å². The number of hydrogen-bond donors (Lipinski definition) is 1. The molecule has 1 N–H and O–H groups in total. The summed E-state index contributed by atoms with van der Waals surface area (Å²) < 4.78 is 5.52. The molecule has 1 aromatic carbocycles. The van der Waals surface area contributed by atoms with Crippen LogP contribution in [0.3, 0.4) is 0 Å². The van der Waals surface area contributed by atoms with Crippen molar-refractivity contribution in [3.63, 3.8) is 0 Å². The van der Waals surface area contributed by atoms with Crippen molar-refractivity contribution in [1.82, 2.24) is 0 Å². The van der Waals surface area contributed by atoms with Crippen molar-refractivity contribution >= 4 is 6.08 Å². The summed E-state index contributed by atoms with van der Waals surface area (Å²) in [4.78, 5) is 0. The van der Waals surface area contributed by atoms with E-state index in [1.54, 1.807) is 12.1 Å². The number of phenols is 1. The van der Waals surface area contributed by atoms with E-state index in [-0.39, 0.29) is 5.60 Å². The van der Waals surface area contributed by atoms with E-state index in [2.05, 4.69) is 0 Å². The number of para-hydroxylation sites is 1. The predicted molar refractivity (Wildman–Crippen MR) is 62.8 cm³/mol. The summed E-state index contributed by atoms with van der Waals surface area (Å²) in [5.74, 6) is 0.296. The standard InChI is InChI=1S/C13H18O2/c1-13(2,3)15-10-6-8-11-7-4-5-9-12(11)14/h4-9,14H,10H2,1-3H3. The highest BCUT2D eigenvalue weighted by Gasteiger charge is 2.07. The summed E-state index contributed by atoms with van der Waals surface area (Å²) in [6.07, 6.45) is 3.77. The van der Waals surface area contributed by atoms with Gasteiger partial charge < -0.3 is 9.84 Å². The Labute approximate surface area is 91.2 Å². The third kappa shape index (κ3) is 4.66. The monoisotopic (exact) mass is 206 g/mol. The Hall–Kier alpha value is -1.28. The lowest BCUT2D eigenvalue weighted by Gasteiger charge is -2.17. The molecule has 0 heterocycles. The van der Waals surface area contributed by atoms with Crippen LogP contribution in [0.15, 0.2) is 30.3 Å². The van der Waals surface area contributed by atoms with Gasteiger partial charge in [0.05, 0.1) is 12.2 Å². The molecule has 0 saturated carbocycles. The Morgan fingerprint density at radius 1 is 1.27 bits per heavy atom. The molecular weight excluding hydrogens is 188 g/mol. The molecule has 0 atom stereocenters. The van der Waals surface area contributed by atoms with Gasteiger partial charge in [-0.15, -0.1) is 0 Å². The summed E-state index contributed by atoms with van der Waals surface area (Å²) in [5, 5.41) is 9.48. The van der Waals surface area contributed by atoms with Crippen LogP contribution in [0.5, 0.6) is 5.75 Å². The minimum atomic E-state index is -0.122. The smallest absolute Gasteiger partial charge is 0.122 e. The van der Waals surface area contributed by atoms with E-state index in [1.165, 1.54) is 0 Å². The highest BCUT2D eigenvalue weighted by molar-refractivity contribution is 5.56. The quantitative estimate of drug-likeness (QED) is 0.822. The first-order valence-electron chi connectivity index (χ1n) is 5.07. The maximum atomic E-state index is 9.48. The number of ether oxygens (including phenoxy) is 1. The molecule has 0 aliphatic heterocycles. The van der Waals surface area contributed by atoms with Crippen LogP contribution in [0.2, 0.25) is 0 Å². The van der Waals surface area contributed by atoms with E-state index in [0.717, 1.165) is 5.56 Å². The lowest BCUT2D eigenvalue weighted by molar-refractivity contribution is 0.0152. The number of hydrogen-bond acceptors (Lipinski definition) is 2. The van der Waals surface area contributed by atoms with Crippen molar-refractivity contribution in [3.8, 4) is 5.75 Å². The van der Waals surface area contributed by atoms with E-state index in [1.807, 2.05) is 45.1 Å². The van der Waals surface area contributed by atoms with E-state index < -0.39 is 0 Å². The molecule has 15 heavy (non-hydrogen) atoms. The SMILES string of the molecule is CC(C)(C)OCC=Cc1ccccc1O. The van der Waals surface area contributed by atoms with Crippen molar-refractivity contribution in [1.29, 1.82) is 0 Å². The molecule has 0 unspecified atom stereocenters. The zero-order valence-electron chi connectivity index (χ0n) is 9.53. The van der Waals surface area contributed by atoms with Crippen molar-refractivity contribution in [2.75, 3.05) is 6.61 Å². The second kappa shape index (κ2) is 4.99. The van der Waals surface area contributed by atoms with Crippen molar-refractivity contribution in [2.24, 2.45) is 0 Å². The Balaban J connectivity index is 2.49. The molecule has 0 aliphatic carbocycles. The molecule has 0 aliphatic rings. The lowest BCUT2D eigenvalue weighted by atomic mass is 10.2. The van der Waals surface area contributed by atoms with Crippen molar-refractivity contribution < 1.29 is 9.84 Å². The van der Waals surface area contributed by atoms with Crippen LogP contribution in [-0.4, -0.2) is 17.3 Å². The average Bonchev–Trinajstić information content (AvgIpc) is 2.13. The fourth-order valence-electron chi connectivity index (χ4n) is 1.10. The predicted octanol–water partition coefficient (Wildman–Crippen LogP) is 3.22. The fourth-order valence-corrected chi connectivity index (χ4v) is 1.10. The molecule has 0 bridgehead atoms. The molecule has 0 aromatic heterocycles. The average molecular weight is 206 g/mol. The summed E-state index contributed by atoms with van der Waals surface area (Å²) in [5.41, 5.74) is 0.693. The molecule has 82 valence electrons. The van der Waals surface area contributed by atoms with Gasteiger partial charge in [0.25, 0.3) is 0 Å². The maximum absolute atomic E-state index is 9.48. The Kier molecular flexibility index (Phi) is 3.92. The number of rotatable bonds is 3. The van der Waals surface area contributed by atoms with Gasteiger partial charge in [-0.25, -0.2) is 0 Å². The lowest BCUT2D eigenvalue weighted by Crippen LogP contribution is -2.18. The topological polar surface area (TPSA) is 29.5 Å². The second-order valence-electron chi connectivity index (χ2n) is 4.38. The third-order valence-corrected chi connectivity index (χ3v) is 1.85. The molecule has 0 amide bonds. The first-order chi connectivity index (χ1) is 6.99. The molecule has 0 saturated heterocycles. The van der Waals surface area contributed by atoms with Gasteiger partial charge in [0.1, 0.15) is 5.75 Å². The van der Waals surface area contributed by atoms with E-state index in [9.17, 15) is 5.11 Å². The Morgan fingerprint density at radius 3 is 2.53 bits per heavy atom. The largest absolute Gasteiger partial charge is 0.507 e. The fraction of sp³-hybridized carbons (Fsp3) is 0.385. The van der Waals surface area contributed by atoms with Gasteiger partial charge in [-0.3, -0.25) is 0 Å². The van der Waals surface area contributed by atoms with E-state index in [4.69, 9.17) is 4.74 Å². The van der Waals surface area contributed by atoms with E-state index >= 15 is 0 Å². The summed E-state index contributed by atoms with van der Waals surface area (Å²) in [6.45, 7) is 6.60. The summed E-state index contributed by atoms with van der Waals surface area (Å²) in [6, 6.07) is 7.23. The minimum absolute atomic E-state index is 0.122. The summed E-state index contributed by atoms with van der Waals surface area (Å²) in [7, 11) is 0. The van der Waals surface area contributed by atoms with Crippen LogP contribution < -0.4 is 0 Å². The molecule has 0 radical (unpaired) electrons. The first kappa shape index (κ1) is 11.8. The van der Waals surface area contributed by atoms with Crippen LogP contribution >= 0.6 is 0 Å². The van der Waals surface area contributed by atoms with Crippen LogP contribution in [0.4, 0.5) is 0 Å².